The minimum atomic E-state index is -1.45. The number of nitrogens with one attached hydrogen (secondary N) is 8. The summed E-state index contributed by atoms with van der Waals surface area (Å²) in [4.78, 5) is 131. The summed E-state index contributed by atoms with van der Waals surface area (Å²) in [5.74, 6) is -6.48. The van der Waals surface area contributed by atoms with Crippen LogP contribution < -0.4 is 47.3 Å². The number of nitrogens with zero attached hydrogens (tertiary/aromatic N) is 8. The molecule has 4 aliphatic heterocycles. The van der Waals surface area contributed by atoms with Crippen molar-refractivity contribution in [2.45, 2.75) is 153 Å². The van der Waals surface area contributed by atoms with Crippen LogP contribution in [0.25, 0.3) is 0 Å². The van der Waals surface area contributed by atoms with E-state index >= 15 is 0 Å². The first kappa shape index (κ1) is 64.9. The molecular formula is C61H80N16O11. The number of benzene rings is 3. The van der Waals surface area contributed by atoms with E-state index in [4.69, 9.17) is 4.74 Å². The molecule has 27 heteroatoms. The predicted octanol–water partition coefficient (Wildman–Crippen LogP) is 0.127. The predicted molar refractivity (Wildman–Crippen MR) is 319 cm³/mol. The lowest BCUT2D eigenvalue weighted by atomic mass is 10.0. The summed E-state index contributed by atoms with van der Waals surface area (Å²) in [5.41, 5.74) is 2.58. The lowest BCUT2D eigenvalue weighted by Gasteiger charge is -2.31. The molecule has 2 aromatic heterocycles. The van der Waals surface area contributed by atoms with Crippen LogP contribution in [-0.4, -0.2) is 180 Å². The normalized spacial score (nSPS) is 22.6. The fraction of sp³-hybridized carbons (Fsp3) is 0.492. The van der Waals surface area contributed by atoms with Crippen LogP contribution in [-0.2, 0) is 75.6 Å². The van der Waals surface area contributed by atoms with Crippen LogP contribution in [0.15, 0.2) is 97.3 Å². The molecule has 9 rings (SSSR count). The average Bonchev–Trinajstić information content (AvgIpc) is 3.68. The van der Waals surface area contributed by atoms with Gasteiger partial charge in [0.1, 0.15) is 66.0 Å². The van der Waals surface area contributed by atoms with E-state index in [1.165, 1.54) is 14.5 Å². The summed E-state index contributed by atoms with van der Waals surface area (Å²) < 4.78 is 9.11. The molecule has 0 unspecified atom stereocenters. The molecule has 6 heterocycles. The fourth-order valence-corrected chi connectivity index (χ4v) is 10.9. The second-order valence-electron chi connectivity index (χ2n) is 23.4. The molecule has 0 spiro atoms. The van der Waals surface area contributed by atoms with Gasteiger partial charge >= 0.3 is 5.97 Å². The smallest absolute Gasteiger partial charge is 0.326 e. The average molecular weight is 1210 g/mol. The van der Waals surface area contributed by atoms with Gasteiger partial charge in [-0.15, -0.1) is 10.2 Å². The number of aliphatic carboxylic acids is 1. The lowest BCUT2D eigenvalue weighted by molar-refractivity contribution is -0.144. The van der Waals surface area contributed by atoms with Gasteiger partial charge in [-0.2, -0.15) is 0 Å². The van der Waals surface area contributed by atoms with Crippen LogP contribution in [0.1, 0.15) is 94.5 Å². The summed E-state index contributed by atoms with van der Waals surface area (Å²) in [6.45, 7) is 10.0. The number of rotatable bonds is 15. The number of amides is 8. The zero-order chi connectivity index (χ0) is 63.3. The van der Waals surface area contributed by atoms with E-state index in [2.05, 4.69) is 63.2 Å². The van der Waals surface area contributed by atoms with Gasteiger partial charge in [0.15, 0.2) is 0 Å². The Morgan fingerprint density at radius 2 is 1.06 bits per heavy atom. The number of carbonyl (C=O) groups excluding carboxylic acids is 8. The zero-order valence-electron chi connectivity index (χ0n) is 50.7. The van der Waals surface area contributed by atoms with Gasteiger partial charge in [-0.3, -0.25) is 38.4 Å². The molecule has 4 aliphatic rings. The van der Waals surface area contributed by atoms with Crippen LogP contribution in [0.5, 0.6) is 5.75 Å². The molecule has 2 saturated heterocycles. The molecule has 27 nitrogen and oxygen atoms in total. The molecule has 5 aromatic rings. The first-order valence-electron chi connectivity index (χ1n) is 29.7. The van der Waals surface area contributed by atoms with Crippen molar-refractivity contribution in [1.82, 2.24) is 82.3 Å². The second-order valence-corrected chi connectivity index (χ2v) is 23.4. The van der Waals surface area contributed by atoms with E-state index in [0.29, 0.717) is 22.6 Å². The SMILES string of the molecule is CN[C@@H](C)C(=O)N[C@H](C(=O)N1C[C@@H]2C[C@H]1C(=O)N[C@@H](Cc1ccccc1)C(=O)NCc1cn(nn1)[C@H]1C[C@@H](C(=O)N[C@@H](Cc3ccccc3)C(=O)N[C@H](C(=O)O)Cc3ccc(cc3)OCc3cn2nn3)N(C(=O)[C@@H](NC(=O)[C@H](C)NC)C(C)C)C1)C(C)C. The van der Waals surface area contributed by atoms with Gasteiger partial charge in [0.2, 0.25) is 47.3 Å². The third-order valence-electron chi connectivity index (χ3n) is 16.3. The maximum absolute atomic E-state index is 14.9. The number of hydrogen-bond acceptors (Lipinski definition) is 16. The third kappa shape index (κ3) is 16.3. The Morgan fingerprint density at radius 3 is 1.51 bits per heavy atom. The first-order chi connectivity index (χ1) is 42.1. The van der Waals surface area contributed by atoms with Gasteiger partial charge in [0.25, 0.3) is 0 Å². The van der Waals surface area contributed by atoms with Crippen molar-refractivity contribution in [1.29, 1.82) is 0 Å². The molecular weight excluding hydrogens is 1130 g/mol. The highest BCUT2D eigenvalue weighted by molar-refractivity contribution is 5.97. The Morgan fingerprint density at radius 1 is 0.602 bits per heavy atom. The minimum absolute atomic E-state index is 0.0114. The summed E-state index contributed by atoms with van der Waals surface area (Å²) in [5, 5.41) is 50.7. The Labute approximate surface area is 510 Å². The van der Waals surface area contributed by atoms with Crippen molar-refractivity contribution in [3.05, 3.63) is 125 Å². The topological polar surface area (TPSA) is 347 Å². The van der Waals surface area contributed by atoms with Crippen molar-refractivity contribution >= 4 is 53.2 Å². The lowest BCUT2D eigenvalue weighted by Crippen LogP contribution is -2.59. The molecule has 88 heavy (non-hydrogen) atoms. The number of fused-ring (bicyclic) bond motifs is 14. The minimum Gasteiger partial charge on any atom is -0.487 e. The van der Waals surface area contributed by atoms with E-state index in [9.17, 15) is 48.3 Å². The van der Waals surface area contributed by atoms with Gasteiger partial charge in [-0.25, -0.2) is 14.2 Å². The number of carboxylic acid groups (broad SMARTS) is 1. The Kier molecular flexibility index (Phi) is 21.8. The molecule has 0 radical (unpaired) electrons. The quantitative estimate of drug-likeness (QED) is 0.0673. The monoisotopic (exact) mass is 1210 g/mol. The molecule has 9 N–H and O–H groups in total. The van der Waals surface area contributed by atoms with Crippen LogP contribution >= 0.6 is 0 Å². The van der Waals surface area contributed by atoms with Gasteiger partial charge in [-0.05, 0) is 68.6 Å². The van der Waals surface area contributed by atoms with Crippen LogP contribution in [0.2, 0.25) is 0 Å². The number of carbonyl (C=O) groups is 9. The maximum Gasteiger partial charge on any atom is 0.326 e. The highest BCUT2D eigenvalue weighted by Crippen LogP contribution is 2.31. The van der Waals surface area contributed by atoms with Crippen LogP contribution in [0.4, 0.5) is 0 Å². The Hall–Kier alpha value is -9.11. The van der Waals surface area contributed by atoms with Gasteiger partial charge in [0, 0.05) is 45.2 Å². The Balaban J connectivity index is 1.14. The van der Waals surface area contributed by atoms with E-state index in [1.54, 1.807) is 139 Å². The van der Waals surface area contributed by atoms with E-state index < -0.39 is 132 Å². The fourth-order valence-electron chi connectivity index (χ4n) is 10.9. The summed E-state index contributed by atoms with van der Waals surface area (Å²) in [6.07, 6.45) is 3.06. The summed E-state index contributed by atoms with van der Waals surface area (Å²) in [6, 6.07) is 13.4. The second kappa shape index (κ2) is 29.5. The highest BCUT2D eigenvalue weighted by Gasteiger charge is 2.47. The molecule has 0 saturated carbocycles. The number of aromatic nitrogens is 6. The van der Waals surface area contributed by atoms with Crippen molar-refractivity contribution < 1.29 is 53.0 Å². The zero-order valence-corrected chi connectivity index (χ0v) is 50.7. The number of carboxylic acids is 1. The first-order valence-corrected chi connectivity index (χ1v) is 29.7. The van der Waals surface area contributed by atoms with E-state index in [1.807, 2.05) is 18.2 Å². The molecule has 11 atom stereocenters. The van der Waals surface area contributed by atoms with Crippen LogP contribution in [0.3, 0.4) is 0 Å². The molecule has 8 amide bonds. The van der Waals surface area contributed by atoms with E-state index in [-0.39, 0.29) is 64.0 Å². The number of ether oxygens (including phenoxy) is 1. The van der Waals surface area contributed by atoms with Crippen molar-refractivity contribution in [2.24, 2.45) is 11.8 Å². The number of hydrogen-bond donors (Lipinski definition) is 9. The van der Waals surface area contributed by atoms with E-state index in [0.717, 1.165) is 5.56 Å². The van der Waals surface area contributed by atoms with Crippen molar-refractivity contribution in [3.8, 4) is 5.75 Å². The van der Waals surface area contributed by atoms with Crippen molar-refractivity contribution in [2.75, 3.05) is 27.2 Å². The van der Waals surface area contributed by atoms with Crippen LogP contribution in [0, 0.1) is 11.8 Å². The molecule has 2 fully saturated rings. The largest absolute Gasteiger partial charge is 0.487 e. The summed E-state index contributed by atoms with van der Waals surface area (Å²) in [7, 11) is 3.23. The maximum atomic E-state index is 14.9. The molecule has 10 bridgehead atoms. The van der Waals surface area contributed by atoms with Gasteiger partial charge in [-0.1, -0.05) is 111 Å². The van der Waals surface area contributed by atoms with Gasteiger partial charge < -0.3 is 62.2 Å². The van der Waals surface area contributed by atoms with Gasteiger partial charge in [0.05, 0.1) is 43.1 Å². The molecule has 0 aliphatic carbocycles. The molecule has 470 valence electrons. The summed E-state index contributed by atoms with van der Waals surface area (Å²) >= 11 is 0. The van der Waals surface area contributed by atoms with Crippen molar-refractivity contribution in [3.63, 3.8) is 0 Å². The highest BCUT2D eigenvalue weighted by atomic mass is 16.5. The number of likely N-dealkylation sites (N-methyl/N-ethyl adjacent to an activating group) is 2. The Bertz CT molecular complexity index is 3270. The molecule has 3 aromatic carbocycles. The number of likely N-dealkylation sites (tertiary alicyclic amines) is 2. The standard InChI is InChI=1S/C61H80N16O11/c1-34(2)51(68-53(78)36(5)62-7)59(84)74-31-43-26-50(74)58(83)66-47(24-39-17-13-10-14-18-39)56(81)67-48(61(86)87)25-40-19-21-45(22-20-40)88-33-42-30-77(73-71-42)44-27-49(75(32-44)60(85)52(35(3)4)69-54(79)37(6)63-8)57(82)65-46(23-38-15-11-9-12-16-38)55(80)64-28-41-29-76(43)72-70-41/h9-22,29-30,34-37,43-44,46-52,62-63H,23-28,31-33H2,1-8H3,(H,64,80)(H,65,82)(H,66,83)(H,67,81)(H,68,78)(H,69,79)(H,86,87)/t36-,37-,43-,44-,46-,47-,48-,49-,50-,51-,52-/m0/s1. The third-order valence-corrected chi connectivity index (χ3v) is 16.3.